The molecule has 0 aromatic heterocycles. The lowest BCUT2D eigenvalue weighted by Crippen LogP contribution is -2.24. The van der Waals surface area contributed by atoms with E-state index in [1.807, 2.05) is 44.2 Å². The Labute approximate surface area is 164 Å². The first-order chi connectivity index (χ1) is 13.5. The molecule has 0 bridgehead atoms. The summed E-state index contributed by atoms with van der Waals surface area (Å²) in [4.78, 5) is 25.3. The van der Waals surface area contributed by atoms with Crippen molar-refractivity contribution in [2.45, 2.75) is 26.9 Å². The zero-order valence-electron chi connectivity index (χ0n) is 16.1. The van der Waals surface area contributed by atoms with Crippen LogP contribution in [0.15, 0.2) is 72.8 Å². The molecule has 4 heteroatoms. The summed E-state index contributed by atoms with van der Waals surface area (Å²) >= 11 is 0. The molecule has 0 fully saturated rings. The van der Waals surface area contributed by atoms with Crippen LogP contribution in [0.3, 0.4) is 0 Å². The zero-order valence-corrected chi connectivity index (χ0v) is 16.1. The van der Waals surface area contributed by atoms with Gasteiger partial charge >= 0.3 is 5.97 Å². The van der Waals surface area contributed by atoms with E-state index in [2.05, 4.69) is 0 Å². The maximum atomic E-state index is 12.7. The Kier molecular flexibility index (Phi) is 5.90. The summed E-state index contributed by atoms with van der Waals surface area (Å²) in [7, 11) is 0. The minimum Gasteiger partial charge on any atom is -0.456 e. The fraction of sp³-hybridized carbons (Fsp3) is 0.167. The van der Waals surface area contributed by atoms with E-state index in [0.717, 1.165) is 11.1 Å². The van der Waals surface area contributed by atoms with Crippen molar-refractivity contribution in [2.75, 3.05) is 0 Å². The van der Waals surface area contributed by atoms with Gasteiger partial charge < -0.3 is 9.47 Å². The maximum absolute atomic E-state index is 12.7. The van der Waals surface area contributed by atoms with Crippen molar-refractivity contribution in [1.82, 2.24) is 0 Å². The van der Waals surface area contributed by atoms with Crippen molar-refractivity contribution in [3.05, 3.63) is 95.1 Å². The Morgan fingerprint density at radius 2 is 1.50 bits per heavy atom. The van der Waals surface area contributed by atoms with Gasteiger partial charge in [0.25, 0.3) is 0 Å². The number of aryl methyl sites for hydroxylation is 2. The lowest BCUT2D eigenvalue weighted by molar-refractivity contribution is 0.0316. The van der Waals surface area contributed by atoms with Gasteiger partial charge in [0, 0.05) is 5.56 Å². The smallest absolute Gasteiger partial charge is 0.342 e. The number of para-hydroxylation sites is 2. The topological polar surface area (TPSA) is 52.6 Å². The van der Waals surface area contributed by atoms with Crippen molar-refractivity contribution < 1.29 is 19.1 Å². The van der Waals surface area contributed by atoms with E-state index in [-0.39, 0.29) is 11.3 Å². The third-order valence-electron chi connectivity index (χ3n) is 4.52. The number of benzene rings is 3. The quantitative estimate of drug-likeness (QED) is 0.421. The van der Waals surface area contributed by atoms with Crippen molar-refractivity contribution in [3.63, 3.8) is 0 Å². The highest BCUT2D eigenvalue weighted by Gasteiger charge is 2.23. The number of hydrogen-bond donors (Lipinski definition) is 0. The molecule has 0 amide bonds. The van der Waals surface area contributed by atoms with E-state index < -0.39 is 12.1 Å². The van der Waals surface area contributed by atoms with Crippen LogP contribution in [0.4, 0.5) is 0 Å². The van der Waals surface area contributed by atoms with Crippen LogP contribution >= 0.6 is 0 Å². The molecule has 142 valence electrons. The maximum Gasteiger partial charge on any atom is 0.342 e. The minimum absolute atomic E-state index is 0.238. The van der Waals surface area contributed by atoms with Gasteiger partial charge in [0.05, 0.1) is 0 Å². The van der Waals surface area contributed by atoms with Crippen LogP contribution in [0.1, 0.15) is 38.8 Å². The summed E-state index contributed by atoms with van der Waals surface area (Å²) in [6.07, 6.45) is -0.903. The molecule has 0 unspecified atom stereocenters. The van der Waals surface area contributed by atoms with Crippen LogP contribution < -0.4 is 4.74 Å². The SMILES string of the molecule is Cc1ccc(C(=O)[C@H](C)OC(=O)c2ccccc2Oc2ccccc2)cc1C. The average molecular weight is 374 g/mol. The Morgan fingerprint density at radius 1 is 0.821 bits per heavy atom. The summed E-state index contributed by atoms with van der Waals surface area (Å²) in [6.45, 7) is 5.51. The molecule has 0 radical (unpaired) electrons. The van der Waals surface area contributed by atoms with Gasteiger partial charge in [0.1, 0.15) is 17.1 Å². The van der Waals surface area contributed by atoms with E-state index in [4.69, 9.17) is 9.47 Å². The van der Waals surface area contributed by atoms with Crippen molar-refractivity contribution in [1.29, 1.82) is 0 Å². The molecule has 3 rings (SSSR count). The molecular formula is C24H22O4. The van der Waals surface area contributed by atoms with Gasteiger partial charge in [-0.15, -0.1) is 0 Å². The van der Waals surface area contributed by atoms with Gasteiger partial charge in [-0.25, -0.2) is 4.79 Å². The molecule has 3 aromatic carbocycles. The summed E-state index contributed by atoms with van der Waals surface area (Å²) in [5.41, 5.74) is 2.92. The molecule has 0 N–H and O–H groups in total. The summed E-state index contributed by atoms with van der Waals surface area (Å²) in [6, 6.07) is 21.4. The Morgan fingerprint density at radius 3 is 2.21 bits per heavy atom. The van der Waals surface area contributed by atoms with Crippen molar-refractivity contribution in [2.24, 2.45) is 0 Å². The fourth-order valence-electron chi connectivity index (χ4n) is 2.75. The van der Waals surface area contributed by atoms with Crippen LogP contribution in [-0.4, -0.2) is 17.9 Å². The van der Waals surface area contributed by atoms with Crippen LogP contribution in [0.25, 0.3) is 0 Å². The van der Waals surface area contributed by atoms with Crippen LogP contribution in [0.2, 0.25) is 0 Å². The third kappa shape index (κ3) is 4.46. The lowest BCUT2D eigenvalue weighted by atomic mass is 10.0. The fourth-order valence-corrected chi connectivity index (χ4v) is 2.75. The van der Waals surface area contributed by atoms with E-state index in [1.54, 1.807) is 49.4 Å². The van der Waals surface area contributed by atoms with Gasteiger partial charge in [-0.05, 0) is 62.2 Å². The molecule has 0 spiro atoms. The van der Waals surface area contributed by atoms with E-state index in [1.165, 1.54) is 0 Å². The number of carbonyl (C=O) groups excluding carboxylic acids is 2. The molecule has 0 saturated carbocycles. The minimum atomic E-state index is -0.903. The average Bonchev–Trinajstić information content (AvgIpc) is 2.70. The number of ether oxygens (including phenoxy) is 2. The van der Waals surface area contributed by atoms with Gasteiger partial charge in [0.2, 0.25) is 5.78 Å². The second-order valence-electron chi connectivity index (χ2n) is 6.62. The highest BCUT2D eigenvalue weighted by molar-refractivity contribution is 6.02. The zero-order chi connectivity index (χ0) is 20.1. The molecule has 1 atom stereocenters. The first-order valence-electron chi connectivity index (χ1n) is 9.10. The molecule has 3 aromatic rings. The predicted octanol–water partition coefficient (Wildman–Crippen LogP) is 5.52. The Bertz CT molecular complexity index is 992. The Hall–Kier alpha value is -3.40. The van der Waals surface area contributed by atoms with Gasteiger partial charge in [0.15, 0.2) is 6.10 Å². The molecule has 28 heavy (non-hydrogen) atoms. The number of Topliss-reactive ketones (excluding diaryl/α,β-unsaturated/α-hetero) is 1. The van der Waals surface area contributed by atoms with Crippen molar-refractivity contribution >= 4 is 11.8 Å². The molecule has 0 saturated heterocycles. The van der Waals surface area contributed by atoms with Crippen LogP contribution in [0, 0.1) is 13.8 Å². The highest BCUT2D eigenvalue weighted by Crippen LogP contribution is 2.26. The second-order valence-corrected chi connectivity index (χ2v) is 6.62. The number of carbonyl (C=O) groups is 2. The number of ketones is 1. The number of esters is 1. The first kappa shape index (κ1) is 19.4. The molecule has 0 aliphatic rings. The Balaban J connectivity index is 1.75. The summed E-state index contributed by atoms with van der Waals surface area (Å²) in [5, 5.41) is 0. The van der Waals surface area contributed by atoms with E-state index >= 15 is 0 Å². The van der Waals surface area contributed by atoms with Gasteiger partial charge in [-0.2, -0.15) is 0 Å². The van der Waals surface area contributed by atoms with Crippen molar-refractivity contribution in [3.8, 4) is 11.5 Å². The highest BCUT2D eigenvalue weighted by atomic mass is 16.5. The molecular weight excluding hydrogens is 352 g/mol. The number of hydrogen-bond acceptors (Lipinski definition) is 4. The lowest BCUT2D eigenvalue weighted by Gasteiger charge is -2.15. The monoisotopic (exact) mass is 374 g/mol. The van der Waals surface area contributed by atoms with Gasteiger partial charge in [-0.1, -0.05) is 42.5 Å². The van der Waals surface area contributed by atoms with Crippen LogP contribution in [0.5, 0.6) is 11.5 Å². The first-order valence-corrected chi connectivity index (χ1v) is 9.10. The predicted molar refractivity (Wildman–Crippen MR) is 108 cm³/mol. The molecule has 4 nitrogen and oxygen atoms in total. The van der Waals surface area contributed by atoms with Gasteiger partial charge in [-0.3, -0.25) is 4.79 Å². The standard InChI is InChI=1S/C24H22O4/c1-16-13-14-19(15-17(16)2)23(25)18(3)27-24(26)21-11-7-8-12-22(21)28-20-9-5-4-6-10-20/h4-15,18H,1-3H3/t18-/m0/s1. The molecule has 0 heterocycles. The third-order valence-corrected chi connectivity index (χ3v) is 4.52. The van der Waals surface area contributed by atoms with E-state index in [0.29, 0.717) is 17.1 Å². The largest absolute Gasteiger partial charge is 0.456 e. The van der Waals surface area contributed by atoms with E-state index in [9.17, 15) is 9.59 Å². The number of rotatable bonds is 6. The molecule has 0 aliphatic carbocycles. The normalized spacial score (nSPS) is 11.5. The summed E-state index contributed by atoms with van der Waals surface area (Å²) < 4.78 is 11.2. The second kappa shape index (κ2) is 8.53. The summed E-state index contributed by atoms with van der Waals surface area (Å²) in [5.74, 6) is 0.153. The molecule has 0 aliphatic heterocycles. The van der Waals surface area contributed by atoms with Crippen LogP contribution in [-0.2, 0) is 4.74 Å².